The molecule has 1 aromatic rings. The maximum Gasteiger partial charge on any atom is 0.226 e. The summed E-state index contributed by atoms with van der Waals surface area (Å²) in [5.41, 5.74) is 5.95. The number of para-hydroxylation sites is 1. The molecule has 20 heavy (non-hydrogen) atoms. The summed E-state index contributed by atoms with van der Waals surface area (Å²) in [6.07, 6.45) is 2.40. The van der Waals surface area contributed by atoms with E-state index in [0.717, 1.165) is 5.75 Å². The van der Waals surface area contributed by atoms with Crippen molar-refractivity contribution >= 4 is 18.3 Å². The van der Waals surface area contributed by atoms with Crippen molar-refractivity contribution in [2.24, 2.45) is 17.6 Å². The number of benzene rings is 1. The molecule has 112 valence electrons. The van der Waals surface area contributed by atoms with Gasteiger partial charge in [0.2, 0.25) is 5.91 Å². The Hall–Kier alpha value is -1.26. The van der Waals surface area contributed by atoms with Gasteiger partial charge in [-0.3, -0.25) is 4.79 Å². The highest BCUT2D eigenvalue weighted by Gasteiger charge is 2.28. The van der Waals surface area contributed by atoms with Gasteiger partial charge in [-0.15, -0.1) is 12.4 Å². The summed E-state index contributed by atoms with van der Waals surface area (Å²) < 4.78 is 5.56. The molecule has 0 saturated heterocycles. The van der Waals surface area contributed by atoms with Gasteiger partial charge >= 0.3 is 0 Å². The normalized spacial score (nSPS) is 16.7. The van der Waals surface area contributed by atoms with Crippen LogP contribution in [0.4, 0.5) is 0 Å². The summed E-state index contributed by atoms with van der Waals surface area (Å²) in [6.45, 7) is 2.81. The molecule has 3 N–H and O–H groups in total. The van der Waals surface area contributed by atoms with E-state index >= 15 is 0 Å². The number of nitrogens with two attached hydrogens (primary N) is 1. The molecule has 1 fully saturated rings. The van der Waals surface area contributed by atoms with E-state index in [1.165, 1.54) is 12.8 Å². The predicted molar refractivity (Wildman–Crippen MR) is 82.1 cm³/mol. The Kier molecular flexibility index (Phi) is 6.82. The fourth-order valence-electron chi connectivity index (χ4n) is 1.90. The average molecular weight is 299 g/mol. The second-order valence-electron chi connectivity index (χ2n) is 5.27. The van der Waals surface area contributed by atoms with Crippen molar-refractivity contribution in [1.29, 1.82) is 0 Å². The third-order valence-corrected chi connectivity index (χ3v) is 3.43. The summed E-state index contributed by atoms with van der Waals surface area (Å²) in [5.74, 6) is 1.23. The molecule has 0 spiro atoms. The lowest BCUT2D eigenvalue weighted by Crippen LogP contribution is -2.41. The second kappa shape index (κ2) is 8.12. The molecule has 1 saturated carbocycles. The smallest absolute Gasteiger partial charge is 0.226 e. The van der Waals surface area contributed by atoms with Crippen LogP contribution in [0.5, 0.6) is 5.75 Å². The van der Waals surface area contributed by atoms with Crippen LogP contribution in [0.1, 0.15) is 19.8 Å². The third kappa shape index (κ3) is 5.39. The minimum absolute atomic E-state index is 0. The molecule has 4 nitrogen and oxygen atoms in total. The van der Waals surface area contributed by atoms with Crippen LogP contribution < -0.4 is 15.8 Å². The van der Waals surface area contributed by atoms with E-state index in [2.05, 4.69) is 5.32 Å². The zero-order chi connectivity index (χ0) is 13.7. The molecule has 5 heteroatoms. The molecule has 1 aliphatic rings. The Morgan fingerprint density at radius 3 is 2.65 bits per heavy atom. The Labute approximate surface area is 126 Å². The number of hydrogen-bond donors (Lipinski definition) is 2. The number of nitrogens with one attached hydrogen (secondary N) is 1. The quantitative estimate of drug-likeness (QED) is 0.809. The number of halogens is 1. The van der Waals surface area contributed by atoms with E-state index in [0.29, 0.717) is 19.1 Å². The van der Waals surface area contributed by atoms with Gasteiger partial charge < -0.3 is 15.8 Å². The zero-order valence-electron chi connectivity index (χ0n) is 11.7. The van der Waals surface area contributed by atoms with Crippen molar-refractivity contribution < 1.29 is 9.53 Å². The Morgan fingerprint density at radius 1 is 1.40 bits per heavy atom. The topological polar surface area (TPSA) is 64.3 Å². The van der Waals surface area contributed by atoms with Crippen molar-refractivity contribution in [1.82, 2.24) is 5.32 Å². The van der Waals surface area contributed by atoms with E-state index in [1.807, 2.05) is 37.3 Å². The summed E-state index contributed by atoms with van der Waals surface area (Å²) in [6, 6.07) is 9.62. The van der Waals surface area contributed by atoms with Crippen molar-refractivity contribution in [3.63, 3.8) is 0 Å². The fourth-order valence-corrected chi connectivity index (χ4v) is 1.90. The molecule has 0 radical (unpaired) electrons. The molecular weight excluding hydrogens is 276 g/mol. The number of ether oxygens (including phenoxy) is 1. The summed E-state index contributed by atoms with van der Waals surface area (Å²) in [4.78, 5) is 11.9. The van der Waals surface area contributed by atoms with Gasteiger partial charge in [0, 0.05) is 12.6 Å². The molecule has 0 heterocycles. The largest absolute Gasteiger partial charge is 0.493 e. The summed E-state index contributed by atoms with van der Waals surface area (Å²) in [7, 11) is 0. The molecule has 0 bridgehead atoms. The van der Waals surface area contributed by atoms with Crippen LogP contribution in [0.25, 0.3) is 0 Å². The maximum atomic E-state index is 11.9. The van der Waals surface area contributed by atoms with Crippen molar-refractivity contribution in [2.45, 2.75) is 25.8 Å². The number of carbonyl (C=O) groups excluding carboxylic acids is 1. The van der Waals surface area contributed by atoms with Crippen LogP contribution in [-0.2, 0) is 4.79 Å². The van der Waals surface area contributed by atoms with Gasteiger partial charge in [-0.1, -0.05) is 25.1 Å². The SMILES string of the molecule is CC(COc1ccccc1)C(=O)NCC(N)C1CC1.Cl. The average Bonchev–Trinajstić information content (AvgIpc) is 3.27. The molecule has 2 atom stereocenters. The predicted octanol–water partition coefficient (Wildman–Crippen LogP) is 1.98. The number of hydrogen-bond acceptors (Lipinski definition) is 3. The first-order valence-corrected chi connectivity index (χ1v) is 6.88. The number of amides is 1. The molecule has 1 aromatic carbocycles. The van der Waals surface area contributed by atoms with E-state index in [4.69, 9.17) is 10.5 Å². The lowest BCUT2D eigenvalue weighted by Gasteiger charge is -2.16. The fraction of sp³-hybridized carbons (Fsp3) is 0.533. The van der Waals surface area contributed by atoms with Crippen LogP contribution >= 0.6 is 12.4 Å². The summed E-state index contributed by atoms with van der Waals surface area (Å²) >= 11 is 0. The second-order valence-corrected chi connectivity index (χ2v) is 5.27. The van der Waals surface area contributed by atoms with Gasteiger partial charge in [0.15, 0.2) is 0 Å². The monoisotopic (exact) mass is 298 g/mol. The first-order chi connectivity index (χ1) is 9.16. The van der Waals surface area contributed by atoms with Gasteiger partial charge in [-0.25, -0.2) is 0 Å². The zero-order valence-corrected chi connectivity index (χ0v) is 12.6. The highest BCUT2D eigenvalue weighted by molar-refractivity contribution is 5.85. The lowest BCUT2D eigenvalue weighted by atomic mass is 10.1. The van der Waals surface area contributed by atoms with Crippen LogP contribution in [0.2, 0.25) is 0 Å². The highest BCUT2D eigenvalue weighted by atomic mass is 35.5. The molecule has 1 aliphatic carbocycles. The van der Waals surface area contributed by atoms with Gasteiger partial charge in [0.25, 0.3) is 0 Å². The van der Waals surface area contributed by atoms with Crippen molar-refractivity contribution in [2.75, 3.05) is 13.2 Å². The van der Waals surface area contributed by atoms with E-state index < -0.39 is 0 Å². The van der Waals surface area contributed by atoms with Crippen LogP contribution in [-0.4, -0.2) is 25.1 Å². The Bertz CT molecular complexity index is 410. The standard InChI is InChI=1S/C15H22N2O2.ClH/c1-11(10-19-13-5-3-2-4-6-13)15(18)17-9-14(16)12-7-8-12;/h2-6,11-12,14H,7-10,16H2,1H3,(H,17,18);1H. The molecule has 1 amide bonds. The van der Waals surface area contributed by atoms with Crippen LogP contribution in [0.15, 0.2) is 30.3 Å². The van der Waals surface area contributed by atoms with Gasteiger partial charge in [-0.05, 0) is 30.9 Å². The first kappa shape index (κ1) is 16.8. The molecule has 2 unspecified atom stereocenters. The minimum Gasteiger partial charge on any atom is -0.493 e. The van der Waals surface area contributed by atoms with E-state index in [-0.39, 0.29) is 30.3 Å². The van der Waals surface area contributed by atoms with Crippen LogP contribution in [0, 0.1) is 11.8 Å². The van der Waals surface area contributed by atoms with Gasteiger partial charge in [0.05, 0.1) is 12.5 Å². The number of carbonyl (C=O) groups is 1. The van der Waals surface area contributed by atoms with Crippen molar-refractivity contribution in [3.05, 3.63) is 30.3 Å². The lowest BCUT2D eigenvalue weighted by molar-refractivity contribution is -0.125. The molecule has 0 aliphatic heterocycles. The van der Waals surface area contributed by atoms with E-state index in [1.54, 1.807) is 0 Å². The minimum atomic E-state index is -0.174. The Balaban J connectivity index is 0.00000200. The van der Waals surface area contributed by atoms with Crippen molar-refractivity contribution in [3.8, 4) is 5.75 Å². The van der Waals surface area contributed by atoms with Crippen LogP contribution in [0.3, 0.4) is 0 Å². The Morgan fingerprint density at radius 2 is 2.05 bits per heavy atom. The molecular formula is C15H23ClN2O2. The van der Waals surface area contributed by atoms with E-state index in [9.17, 15) is 4.79 Å². The maximum absolute atomic E-state index is 11.9. The third-order valence-electron chi connectivity index (χ3n) is 3.43. The molecule has 2 rings (SSSR count). The van der Waals surface area contributed by atoms with Gasteiger partial charge in [0.1, 0.15) is 5.75 Å². The van der Waals surface area contributed by atoms with Gasteiger partial charge in [-0.2, -0.15) is 0 Å². The molecule has 0 aromatic heterocycles. The summed E-state index contributed by atoms with van der Waals surface area (Å²) in [5, 5.41) is 2.90. The first-order valence-electron chi connectivity index (χ1n) is 6.88. The number of rotatable bonds is 7. The highest BCUT2D eigenvalue weighted by Crippen LogP contribution is 2.31.